The molecule has 2 rings (SSSR count). The smallest absolute Gasteiger partial charge is 0.422 e. The standard InChI is InChI=1S/C8H8F3N6O/c1-17-5(14-7-12-4-13-15-7)2-6(16-17)18-3-8(9,10)11/h2,4H,3H2,1H3,(H,14,15). The molecule has 0 spiro atoms. The van der Waals surface area contributed by atoms with Crippen molar-refractivity contribution in [2.24, 2.45) is 17.3 Å². The first-order chi connectivity index (χ1) is 8.44. The van der Waals surface area contributed by atoms with Crippen LogP contribution < -0.4 is 15.4 Å². The summed E-state index contributed by atoms with van der Waals surface area (Å²) in [6, 6.07) is 1.31. The molecule has 0 unspecified atom stereocenters. The van der Waals surface area contributed by atoms with Gasteiger partial charge in [-0.3, -0.25) is 0 Å². The molecule has 1 N–H and O–H groups in total. The van der Waals surface area contributed by atoms with Crippen molar-refractivity contribution in [3.63, 3.8) is 0 Å². The molecule has 1 aliphatic heterocycles. The van der Waals surface area contributed by atoms with Crippen molar-refractivity contribution in [1.82, 2.24) is 15.1 Å². The number of hydrogen-bond donors (Lipinski definition) is 1. The largest absolute Gasteiger partial charge is 0.467 e. The van der Waals surface area contributed by atoms with Crippen LogP contribution in [0.15, 0.2) is 16.3 Å². The highest BCUT2D eigenvalue weighted by molar-refractivity contribution is 6.01. The van der Waals surface area contributed by atoms with Gasteiger partial charge >= 0.3 is 6.18 Å². The van der Waals surface area contributed by atoms with E-state index in [9.17, 15) is 13.2 Å². The normalized spacial score (nSPS) is 14.3. The second kappa shape index (κ2) is 4.55. The number of alkyl halides is 3. The number of aryl methyl sites for hydroxylation is 1. The number of nitrogens with one attached hydrogen (secondary N) is 1. The zero-order chi connectivity index (χ0) is 13.2. The lowest BCUT2D eigenvalue weighted by Gasteiger charge is -2.05. The summed E-state index contributed by atoms with van der Waals surface area (Å²) in [4.78, 5) is 0. The Kier molecular flexibility index (Phi) is 3.08. The number of ether oxygens (including phenoxy) is 1. The Bertz CT molecular complexity index is 492. The molecule has 1 aromatic heterocycles. The molecule has 0 saturated carbocycles. The molecular formula is C8H8F3N6O. The molecule has 0 bridgehead atoms. The average Bonchev–Trinajstić information content (AvgIpc) is 2.86. The van der Waals surface area contributed by atoms with Crippen molar-refractivity contribution in [1.29, 1.82) is 0 Å². The van der Waals surface area contributed by atoms with Crippen LogP contribution in [0.3, 0.4) is 0 Å². The van der Waals surface area contributed by atoms with E-state index >= 15 is 0 Å². The highest BCUT2D eigenvalue weighted by Gasteiger charge is 2.29. The maximum atomic E-state index is 12.0. The highest BCUT2D eigenvalue weighted by Crippen LogP contribution is 2.20. The first-order valence-corrected chi connectivity index (χ1v) is 4.75. The van der Waals surface area contributed by atoms with Crippen LogP contribution in [-0.4, -0.2) is 34.9 Å². The molecule has 1 radical (unpaired) electrons. The Balaban J connectivity index is 1.98. The maximum absolute atomic E-state index is 12.0. The Labute approximate surface area is 99.3 Å². The average molecular weight is 261 g/mol. The fourth-order valence-electron chi connectivity index (χ4n) is 1.14. The van der Waals surface area contributed by atoms with Gasteiger partial charge < -0.3 is 10.1 Å². The van der Waals surface area contributed by atoms with Crippen LogP contribution in [-0.2, 0) is 7.05 Å². The van der Waals surface area contributed by atoms with Gasteiger partial charge in [-0.15, -0.1) is 15.3 Å². The lowest BCUT2D eigenvalue weighted by molar-refractivity contribution is -0.154. The number of guanidine groups is 1. The third-order valence-electron chi connectivity index (χ3n) is 1.87. The van der Waals surface area contributed by atoms with E-state index in [0.29, 0.717) is 5.82 Å². The first-order valence-electron chi connectivity index (χ1n) is 4.75. The van der Waals surface area contributed by atoms with E-state index in [2.05, 4.69) is 30.7 Å². The fourth-order valence-corrected chi connectivity index (χ4v) is 1.14. The molecule has 97 valence electrons. The van der Waals surface area contributed by atoms with E-state index in [1.165, 1.54) is 17.1 Å². The monoisotopic (exact) mass is 261 g/mol. The second-order valence-electron chi connectivity index (χ2n) is 3.30. The molecule has 0 aromatic carbocycles. The van der Waals surface area contributed by atoms with Crippen molar-refractivity contribution in [3.8, 4) is 5.88 Å². The predicted octanol–water partition coefficient (Wildman–Crippen LogP) is 0.690. The molecule has 0 fully saturated rings. The SMILES string of the molecule is Cn1nc(OCC(F)(F)F)cc1NC1=NN=C[N]1. The third-order valence-corrected chi connectivity index (χ3v) is 1.87. The van der Waals surface area contributed by atoms with Crippen LogP contribution in [0.25, 0.3) is 0 Å². The first kappa shape index (κ1) is 12.2. The van der Waals surface area contributed by atoms with E-state index < -0.39 is 12.8 Å². The molecule has 2 heterocycles. The lowest BCUT2D eigenvalue weighted by atomic mass is 10.6. The summed E-state index contributed by atoms with van der Waals surface area (Å²) < 4.78 is 41.7. The van der Waals surface area contributed by atoms with Crippen LogP contribution in [0.2, 0.25) is 0 Å². The summed E-state index contributed by atoms with van der Waals surface area (Å²) in [7, 11) is 1.54. The number of rotatable bonds is 3. The molecule has 18 heavy (non-hydrogen) atoms. The summed E-state index contributed by atoms with van der Waals surface area (Å²) in [5.74, 6) is 0.470. The van der Waals surface area contributed by atoms with Gasteiger partial charge in [0.1, 0.15) is 12.2 Å². The Hall–Kier alpha value is -2.26. The van der Waals surface area contributed by atoms with Gasteiger partial charge in [0.2, 0.25) is 11.8 Å². The molecule has 10 heteroatoms. The molecule has 1 aromatic rings. The van der Waals surface area contributed by atoms with Crippen LogP contribution in [0.5, 0.6) is 5.88 Å². The van der Waals surface area contributed by atoms with Gasteiger partial charge in [0.15, 0.2) is 6.61 Å². The van der Waals surface area contributed by atoms with Crippen molar-refractivity contribution in [2.45, 2.75) is 6.18 Å². The van der Waals surface area contributed by atoms with Gasteiger partial charge in [0.05, 0.1) is 0 Å². The molecule has 1 aliphatic rings. The van der Waals surface area contributed by atoms with Gasteiger partial charge in [-0.05, 0) is 0 Å². The molecule has 0 atom stereocenters. The van der Waals surface area contributed by atoms with Crippen LogP contribution in [0.4, 0.5) is 19.0 Å². The van der Waals surface area contributed by atoms with Crippen molar-refractivity contribution in [2.75, 3.05) is 11.9 Å². The van der Waals surface area contributed by atoms with Crippen molar-refractivity contribution >= 4 is 18.1 Å². The minimum absolute atomic E-state index is 0.142. The number of aromatic nitrogens is 2. The Morgan fingerprint density at radius 1 is 1.44 bits per heavy atom. The Morgan fingerprint density at radius 3 is 2.83 bits per heavy atom. The summed E-state index contributed by atoms with van der Waals surface area (Å²) in [6.07, 6.45) is -3.16. The van der Waals surface area contributed by atoms with Gasteiger partial charge in [-0.2, -0.15) is 18.5 Å². The van der Waals surface area contributed by atoms with Crippen LogP contribution in [0, 0.1) is 0 Å². The van der Waals surface area contributed by atoms with Crippen molar-refractivity contribution < 1.29 is 17.9 Å². The minimum Gasteiger partial charge on any atom is -0.467 e. The predicted molar refractivity (Wildman–Crippen MR) is 56.4 cm³/mol. The zero-order valence-electron chi connectivity index (χ0n) is 9.14. The minimum atomic E-state index is -4.40. The molecule has 0 saturated heterocycles. The van der Waals surface area contributed by atoms with Gasteiger partial charge in [-0.1, -0.05) is 0 Å². The molecule has 7 nitrogen and oxygen atoms in total. The van der Waals surface area contributed by atoms with E-state index in [4.69, 9.17) is 0 Å². The Morgan fingerprint density at radius 2 is 2.22 bits per heavy atom. The quantitative estimate of drug-likeness (QED) is 0.869. The molecule has 0 amide bonds. The topological polar surface area (TPSA) is 77.9 Å². The third kappa shape index (κ3) is 3.12. The number of hydrogen-bond acceptors (Lipinski definition) is 5. The maximum Gasteiger partial charge on any atom is 0.422 e. The fraction of sp³-hybridized carbons (Fsp3) is 0.375. The number of anilines is 1. The molecule has 0 aliphatic carbocycles. The van der Waals surface area contributed by atoms with Crippen molar-refractivity contribution in [3.05, 3.63) is 6.07 Å². The lowest BCUT2D eigenvalue weighted by Crippen LogP contribution is -2.21. The van der Waals surface area contributed by atoms with Crippen LogP contribution >= 0.6 is 0 Å². The van der Waals surface area contributed by atoms with Crippen LogP contribution in [0.1, 0.15) is 0 Å². The van der Waals surface area contributed by atoms with E-state index in [-0.39, 0.29) is 11.8 Å². The summed E-state index contributed by atoms with van der Waals surface area (Å²) in [6.45, 7) is -1.39. The highest BCUT2D eigenvalue weighted by atomic mass is 19.4. The zero-order valence-corrected chi connectivity index (χ0v) is 9.14. The second-order valence-corrected chi connectivity index (χ2v) is 3.30. The number of halogens is 3. The summed E-state index contributed by atoms with van der Waals surface area (Å²) in [5, 5.41) is 17.3. The summed E-state index contributed by atoms with van der Waals surface area (Å²) >= 11 is 0. The number of nitrogens with zero attached hydrogens (tertiary/aromatic N) is 5. The molecular weight excluding hydrogens is 253 g/mol. The van der Waals surface area contributed by atoms with Gasteiger partial charge in [0.25, 0.3) is 0 Å². The van der Waals surface area contributed by atoms with Gasteiger partial charge in [-0.25, -0.2) is 4.68 Å². The van der Waals surface area contributed by atoms with E-state index in [1.807, 2.05) is 0 Å². The van der Waals surface area contributed by atoms with E-state index in [0.717, 1.165) is 0 Å². The van der Waals surface area contributed by atoms with Gasteiger partial charge in [0, 0.05) is 13.1 Å². The van der Waals surface area contributed by atoms with E-state index in [1.54, 1.807) is 7.05 Å². The summed E-state index contributed by atoms with van der Waals surface area (Å²) in [5.41, 5.74) is 0.